The van der Waals surface area contributed by atoms with Crippen molar-refractivity contribution in [1.29, 1.82) is 0 Å². The largest absolute Gasteiger partial charge is 0.441 e. The number of hydrogen-bond acceptors (Lipinski definition) is 4. The van der Waals surface area contributed by atoms with Crippen molar-refractivity contribution in [3.05, 3.63) is 74.7 Å². The number of halogens is 1. The van der Waals surface area contributed by atoms with Crippen LogP contribution in [0.15, 0.2) is 45.9 Å². The number of nitrogens with zero attached hydrogens (tertiary/aromatic N) is 4. The molecular formula is C21H19ClN4O2. The number of rotatable bonds is 3. The third-order valence-corrected chi connectivity index (χ3v) is 5.59. The maximum atomic E-state index is 13.1. The van der Waals surface area contributed by atoms with E-state index < -0.39 is 0 Å². The zero-order chi connectivity index (χ0) is 19.3. The van der Waals surface area contributed by atoms with Crippen LogP contribution >= 0.6 is 11.6 Å². The number of benzene rings is 1. The summed E-state index contributed by atoms with van der Waals surface area (Å²) in [7, 11) is 0. The molecule has 5 rings (SSSR count). The van der Waals surface area contributed by atoms with Crippen molar-refractivity contribution in [3.8, 4) is 11.5 Å². The molecule has 0 atom stereocenters. The van der Waals surface area contributed by atoms with E-state index in [0.717, 1.165) is 48.2 Å². The van der Waals surface area contributed by atoms with E-state index in [1.54, 1.807) is 27.4 Å². The van der Waals surface area contributed by atoms with Crippen LogP contribution in [0, 0.1) is 6.92 Å². The Labute approximate surface area is 166 Å². The van der Waals surface area contributed by atoms with Crippen molar-refractivity contribution >= 4 is 17.1 Å². The van der Waals surface area contributed by atoms with E-state index in [1.807, 2.05) is 25.3 Å². The van der Waals surface area contributed by atoms with Gasteiger partial charge in [0.2, 0.25) is 5.89 Å². The minimum absolute atomic E-state index is 0.0337. The molecule has 4 aromatic rings. The predicted octanol–water partition coefficient (Wildman–Crippen LogP) is 4.04. The average molecular weight is 395 g/mol. The highest BCUT2D eigenvalue weighted by atomic mass is 35.5. The van der Waals surface area contributed by atoms with Crippen LogP contribution in [-0.2, 0) is 19.4 Å². The second kappa shape index (κ2) is 6.63. The Morgan fingerprint density at radius 2 is 1.93 bits per heavy atom. The van der Waals surface area contributed by atoms with Gasteiger partial charge in [0.05, 0.1) is 12.2 Å². The van der Waals surface area contributed by atoms with Crippen LogP contribution in [0.2, 0.25) is 5.02 Å². The summed E-state index contributed by atoms with van der Waals surface area (Å²) < 4.78 is 9.24. The third kappa shape index (κ3) is 2.85. The lowest BCUT2D eigenvalue weighted by Gasteiger charge is -2.09. The van der Waals surface area contributed by atoms with Gasteiger partial charge in [0.25, 0.3) is 5.56 Å². The molecule has 3 aromatic heterocycles. The van der Waals surface area contributed by atoms with Crippen molar-refractivity contribution in [3.63, 3.8) is 0 Å². The third-order valence-electron chi connectivity index (χ3n) is 5.34. The smallest absolute Gasteiger partial charge is 0.277 e. The van der Waals surface area contributed by atoms with Gasteiger partial charge in [-0.25, -0.2) is 9.50 Å². The summed E-state index contributed by atoms with van der Waals surface area (Å²) in [5, 5.41) is 5.25. The summed E-state index contributed by atoms with van der Waals surface area (Å²) in [5.74, 6) is 1.23. The first kappa shape index (κ1) is 17.3. The highest BCUT2D eigenvalue weighted by molar-refractivity contribution is 6.30. The SMILES string of the molecule is Cc1oc(-c2ccc(Cl)cc2)nc1Cn1ccn2nc3c(c2c1=O)CCCC3. The van der Waals surface area contributed by atoms with Crippen LogP contribution < -0.4 is 5.56 Å². The predicted molar refractivity (Wildman–Crippen MR) is 107 cm³/mol. The Morgan fingerprint density at radius 1 is 1.14 bits per heavy atom. The molecule has 0 radical (unpaired) electrons. The van der Waals surface area contributed by atoms with Crippen molar-refractivity contribution in [1.82, 2.24) is 19.2 Å². The van der Waals surface area contributed by atoms with E-state index in [-0.39, 0.29) is 5.56 Å². The van der Waals surface area contributed by atoms with Gasteiger partial charge < -0.3 is 8.98 Å². The lowest BCUT2D eigenvalue weighted by molar-refractivity contribution is 0.537. The van der Waals surface area contributed by atoms with E-state index in [4.69, 9.17) is 16.0 Å². The molecule has 6 nitrogen and oxygen atoms in total. The Balaban J connectivity index is 1.53. The average Bonchev–Trinajstić information content (AvgIpc) is 3.25. The minimum Gasteiger partial charge on any atom is -0.441 e. The lowest BCUT2D eigenvalue weighted by atomic mass is 9.97. The second-order valence-electron chi connectivity index (χ2n) is 7.19. The van der Waals surface area contributed by atoms with Crippen LogP contribution in [0.5, 0.6) is 0 Å². The van der Waals surface area contributed by atoms with Gasteiger partial charge in [0.1, 0.15) is 17.0 Å². The molecule has 3 heterocycles. The monoisotopic (exact) mass is 394 g/mol. The lowest BCUT2D eigenvalue weighted by Crippen LogP contribution is -2.23. The van der Waals surface area contributed by atoms with Gasteiger partial charge in [-0.2, -0.15) is 5.10 Å². The molecule has 0 unspecified atom stereocenters. The Bertz CT molecular complexity index is 1230. The van der Waals surface area contributed by atoms with E-state index in [0.29, 0.717) is 28.7 Å². The van der Waals surface area contributed by atoms with Gasteiger partial charge in [0.15, 0.2) is 0 Å². The maximum Gasteiger partial charge on any atom is 0.277 e. The molecule has 142 valence electrons. The molecule has 1 aliphatic rings. The molecule has 1 aromatic carbocycles. The van der Waals surface area contributed by atoms with Gasteiger partial charge >= 0.3 is 0 Å². The first-order valence-corrected chi connectivity index (χ1v) is 9.80. The van der Waals surface area contributed by atoms with Gasteiger partial charge in [-0.15, -0.1) is 0 Å². The van der Waals surface area contributed by atoms with Crippen molar-refractivity contribution in [2.75, 3.05) is 0 Å². The van der Waals surface area contributed by atoms with Crippen molar-refractivity contribution < 1.29 is 4.42 Å². The van der Waals surface area contributed by atoms with E-state index >= 15 is 0 Å². The Kier molecular flexibility index (Phi) is 4.09. The van der Waals surface area contributed by atoms with Crippen LogP contribution in [0.4, 0.5) is 0 Å². The topological polar surface area (TPSA) is 65.3 Å². The van der Waals surface area contributed by atoms with Gasteiger partial charge in [-0.3, -0.25) is 4.79 Å². The molecule has 0 fully saturated rings. The van der Waals surface area contributed by atoms with Crippen LogP contribution in [-0.4, -0.2) is 19.2 Å². The molecule has 7 heteroatoms. The Hall–Kier alpha value is -2.86. The van der Waals surface area contributed by atoms with Crippen molar-refractivity contribution in [2.24, 2.45) is 0 Å². The molecule has 0 saturated heterocycles. The van der Waals surface area contributed by atoms with Crippen molar-refractivity contribution in [2.45, 2.75) is 39.2 Å². The standard InChI is InChI=1S/C21H19ClN4O2/c1-13-18(23-20(28-13)14-6-8-15(22)9-7-14)12-25-10-11-26-19(21(25)27)16-4-2-3-5-17(16)24-26/h6-11H,2-5,12H2,1H3. The summed E-state index contributed by atoms with van der Waals surface area (Å²) >= 11 is 5.95. The molecular weight excluding hydrogens is 376 g/mol. The van der Waals surface area contributed by atoms with Crippen LogP contribution in [0.25, 0.3) is 17.0 Å². The minimum atomic E-state index is -0.0337. The molecule has 0 N–H and O–H groups in total. The first-order chi connectivity index (χ1) is 13.6. The highest BCUT2D eigenvalue weighted by Crippen LogP contribution is 2.25. The molecule has 1 aliphatic carbocycles. The normalized spacial score (nSPS) is 13.8. The van der Waals surface area contributed by atoms with Gasteiger partial charge in [-0.05, 0) is 56.9 Å². The zero-order valence-electron chi connectivity index (χ0n) is 15.5. The summed E-state index contributed by atoms with van der Waals surface area (Å²) in [6.07, 6.45) is 7.73. The first-order valence-electron chi connectivity index (χ1n) is 9.42. The molecule has 0 amide bonds. The number of hydrogen-bond donors (Lipinski definition) is 0. The molecule has 0 aliphatic heterocycles. The fraction of sp³-hybridized carbons (Fsp3) is 0.286. The number of aromatic nitrogens is 4. The zero-order valence-corrected chi connectivity index (χ0v) is 16.2. The maximum absolute atomic E-state index is 13.1. The number of oxazole rings is 1. The molecule has 0 bridgehead atoms. The fourth-order valence-corrected chi connectivity index (χ4v) is 3.96. The van der Waals surface area contributed by atoms with E-state index in [9.17, 15) is 4.79 Å². The highest BCUT2D eigenvalue weighted by Gasteiger charge is 2.20. The fourth-order valence-electron chi connectivity index (χ4n) is 3.83. The van der Waals surface area contributed by atoms with E-state index in [1.165, 1.54) is 0 Å². The number of fused-ring (bicyclic) bond motifs is 3. The van der Waals surface area contributed by atoms with Crippen LogP contribution in [0.3, 0.4) is 0 Å². The van der Waals surface area contributed by atoms with Gasteiger partial charge in [0, 0.05) is 28.5 Å². The van der Waals surface area contributed by atoms with Gasteiger partial charge in [-0.1, -0.05) is 11.6 Å². The Morgan fingerprint density at radius 3 is 2.75 bits per heavy atom. The molecule has 28 heavy (non-hydrogen) atoms. The van der Waals surface area contributed by atoms with Crippen LogP contribution in [0.1, 0.15) is 35.6 Å². The quantitative estimate of drug-likeness (QED) is 0.526. The van der Waals surface area contributed by atoms with E-state index in [2.05, 4.69) is 10.1 Å². The molecule has 0 spiro atoms. The number of aryl methyl sites for hydroxylation is 3. The second-order valence-corrected chi connectivity index (χ2v) is 7.62. The summed E-state index contributed by atoms with van der Waals surface area (Å²) in [4.78, 5) is 17.7. The molecule has 0 saturated carbocycles. The summed E-state index contributed by atoms with van der Waals surface area (Å²) in [5.41, 5.74) is 4.41. The summed E-state index contributed by atoms with van der Waals surface area (Å²) in [6.45, 7) is 2.23. The summed E-state index contributed by atoms with van der Waals surface area (Å²) in [6, 6.07) is 7.34.